The molecule has 0 saturated carbocycles. The molecule has 0 N–H and O–H groups in total. The average Bonchev–Trinajstić information content (AvgIpc) is 1.56. The Morgan fingerprint density at radius 3 is 0.841 bits per heavy atom. The van der Waals surface area contributed by atoms with Crippen LogP contribution in [0.25, 0.3) is 204 Å². The lowest BCUT2D eigenvalue weighted by Gasteiger charge is -2.20. The van der Waals surface area contributed by atoms with E-state index in [9.17, 15) is 10.5 Å². The molecule has 0 amide bonds. The summed E-state index contributed by atoms with van der Waals surface area (Å²) in [5.74, 6) is 2.53. The fourth-order valence-corrected chi connectivity index (χ4v) is 20.0. The second-order valence-electron chi connectivity index (χ2n) is 32.5. The minimum absolute atomic E-state index is 0.617. The predicted octanol–water partition coefficient (Wildman–Crippen LogP) is 29.0. The number of nitriles is 2. The van der Waals surface area contributed by atoms with Gasteiger partial charge in [0.25, 0.3) is 0 Å². The Labute approximate surface area is 726 Å². The lowest BCUT2D eigenvalue weighted by Crippen LogP contribution is -2.08. The topological polar surface area (TPSA) is 120 Å². The molecule has 24 aromatic rings. The number of pyridine rings is 3. The Balaban J connectivity index is 0.000000112. The normalized spacial score (nSPS) is 11.5. The molecule has 126 heavy (non-hydrogen) atoms. The van der Waals surface area contributed by atoms with Gasteiger partial charge in [-0.25, -0.2) is 19.8 Å². The lowest BCUT2D eigenvalue weighted by molar-refractivity contribution is 1.03. The molecule has 12 heteroatoms. The van der Waals surface area contributed by atoms with Gasteiger partial charge in [0.2, 0.25) is 0 Å². The second-order valence-corrected chi connectivity index (χ2v) is 32.5. The Bertz CT molecular complexity index is 8790. The largest absolute Gasteiger partial charge is 0.305 e. The highest BCUT2D eigenvalue weighted by Gasteiger charge is 2.30. The Hall–Kier alpha value is -17.0. The molecule has 0 aliphatic carbocycles. The highest BCUT2D eigenvalue weighted by molar-refractivity contribution is 6.18. The van der Waals surface area contributed by atoms with Crippen molar-refractivity contribution in [1.82, 2.24) is 42.4 Å². The first-order chi connectivity index (χ1) is 62.0. The van der Waals surface area contributed by atoms with Crippen molar-refractivity contribution in [2.75, 3.05) is 0 Å². The molecular weight excluding hydrogens is 1540 g/mol. The molecule has 0 bridgehead atoms. The highest BCUT2D eigenvalue weighted by Crippen LogP contribution is 2.49. The van der Waals surface area contributed by atoms with Gasteiger partial charge in [-0.1, -0.05) is 231 Å². The van der Waals surface area contributed by atoms with Crippen molar-refractivity contribution in [2.45, 2.75) is 41.5 Å². The molecule has 0 saturated heterocycles. The van der Waals surface area contributed by atoms with Crippen LogP contribution in [0.5, 0.6) is 0 Å². The second kappa shape index (κ2) is 30.3. The maximum Gasteiger partial charge on any atom is 0.194 e. The summed E-state index contributed by atoms with van der Waals surface area (Å²) in [6, 6.07) is 125. The zero-order valence-corrected chi connectivity index (χ0v) is 70.0. The monoisotopic (exact) mass is 1610 g/mol. The molecule has 0 fully saturated rings. The number of hydrogen-bond donors (Lipinski definition) is 0. The molecule has 9 heterocycles. The summed E-state index contributed by atoms with van der Waals surface area (Å²) in [5, 5.41) is 33.9. The van der Waals surface area contributed by atoms with E-state index in [2.05, 4.69) is 365 Å². The van der Waals surface area contributed by atoms with Crippen LogP contribution in [0.4, 0.5) is 5.69 Å². The van der Waals surface area contributed by atoms with E-state index in [0.29, 0.717) is 16.8 Å². The Morgan fingerprint density at radius 2 is 0.508 bits per heavy atom. The smallest absolute Gasteiger partial charge is 0.194 e. The first-order valence-electron chi connectivity index (χ1n) is 42.4. The molecule has 24 rings (SSSR count). The van der Waals surface area contributed by atoms with Crippen LogP contribution in [0.2, 0.25) is 0 Å². The lowest BCUT2D eigenvalue weighted by atomic mass is 10.0. The van der Waals surface area contributed by atoms with E-state index in [0.717, 1.165) is 134 Å². The van der Waals surface area contributed by atoms with Crippen LogP contribution >= 0.6 is 0 Å². The van der Waals surface area contributed by atoms with Gasteiger partial charge in [-0.05, 0) is 207 Å². The van der Waals surface area contributed by atoms with Crippen molar-refractivity contribution in [1.29, 1.82) is 10.5 Å². The fourth-order valence-electron chi connectivity index (χ4n) is 20.0. The average molecular weight is 1620 g/mol. The summed E-state index contributed by atoms with van der Waals surface area (Å²) in [4.78, 5) is 19.4. The van der Waals surface area contributed by atoms with Crippen LogP contribution in [0, 0.1) is 70.8 Å². The quantitative estimate of drug-likeness (QED) is 0.133. The summed E-state index contributed by atoms with van der Waals surface area (Å²) >= 11 is 0. The number of aromatic nitrogens is 9. The van der Waals surface area contributed by atoms with E-state index < -0.39 is 0 Å². The number of aryl methyl sites for hydroxylation is 6. The SMILES string of the molecule is Cc1cccc2c1c1ccccc1n2-c1nccc(-c2ccc(C#N)cc2)c1-n1c2ccccc2c2c(C)cccc21.Cc1cccc2c1c1ccccc1n2-c1nccc(-c2cccc(C#N)c2)c1-n1c2ccccc2c2c(C)cccc21.[C-]#[N+]c1ccccc1-c1ccnc(-n2c3ccccc3c3c(C)cccc32)c1-n1c2ccccc2c2c(C)cccc21. The summed E-state index contributed by atoms with van der Waals surface area (Å²) in [6.45, 7) is 21.1. The van der Waals surface area contributed by atoms with Crippen LogP contribution in [-0.2, 0) is 0 Å². The van der Waals surface area contributed by atoms with Crippen molar-refractivity contribution in [2.24, 2.45) is 0 Å². The molecular formula is C114H78N12. The van der Waals surface area contributed by atoms with Crippen molar-refractivity contribution < 1.29 is 0 Å². The minimum Gasteiger partial charge on any atom is -0.305 e. The first kappa shape index (κ1) is 75.2. The van der Waals surface area contributed by atoms with Crippen LogP contribution in [0.1, 0.15) is 44.5 Å². The van der Waals surface area contributed by atoms with Crippen molar-refractivity contribution in [3.05, 3.63) is 420 Å². The molecule has 9 aromatic heterocycles. The summed E-state index contributed by atoms with van der Waals surface area (Å²) in [6.07, 6.45) is 5.68. The van der Waals surface area contributed by atoms with Crippen molar-refractivity contribution >= 4 is 137 Å². The van der Waals surface area contributed by atoms with E-state index >= 15 is 0 Å². The number of para-hydroxylation sites is 7. The zero-order valence-electron chi connectivity index (χ0n) is 70.0. The third-order valence-corrected chi connectivity index (χ3v) is 25.4. The van der Waals surface area contributed by atoms with Gasteiger partial charge < -0.3 is 13.7 Å². The third-order valence-electron chi connectivity index (χ3n) is 25.4. The third kappa shape index (κ3) is 11.7. The van der Waals surface area contributed by atoms with Crippen molar-refractivity contribution in [3.8, 4) is 80.0 Å². The van der Waals surface area contributed by atoms with Crippen molar-refractivity contribution in [3.63, 3.8) is 0 Å². The molecule has 0 atom stereocenters. The number of benzene rings is 15. The fraction of sp³-hybridized carbons (Fsp3) is 0.0526. The summed E-state index contributed by atoms with van der Waals surface area (Å²) in [7, 11) is 0. The molecule has 0 radical (unpaired) electrons. The molecule has 0 aliphatic rings. The van der Waals surface area contributed by atoms with E-state index in [1.165, 1.54) is 98.0 Å². The van der Waals surface area contributed by atoms with Crippen LogP contribution in [0.15, 0.2) is 364 Å². The predicted molar refractivity (Wildman–Crippen MR) is 519 cm³/mol. The molecule has 0 unspecified atom stereocenters. The number of rotatable bonds is 9. The number of hydrogen-bond acceptors (Lipinski definition) is 5. The van der Waals surface area contributed by atoms with E-state index in [-0.39, 0.29) is 0 Å². The minimum atomic E-state index is 0.617. The number of nitrogens with zero attached hydrogens (tertiary/aromatic N) is 12. The van der Waals surface area contributed by atoms with Gasteiger partial charge in [-0.2, -0.15) is 10.5 Å². The van der Waals surface area contributed by atoms with Crippen LogP contribution in [-0.4, -0.2) is 42.4 Å². The van der Waals surface area contributed by atoms with Gasteiger partial charge in [0.15, 0.2) is 23.1 Å². The maximum atomic E-state index is 9.77. The Morgan fingerprint density at radius 1 is 0.238 bits per heavy atom. The zero-order chi connectivity index (χ0) is 85.1. The van der Waals surface area contributed by atoms with Gasteiger partial charge in [0.1, 0.15) is 0 Å². The molecule has 0 aliphatic heterocycles. The van der Waals surface area contributed by atoms with Gasteiger partial charge in [0, 0.05) is 99.9 Å². The molecule has 594 valence electrons. The van der Waals surface area contributed by atoms with Gasteiger partial charge in [-0.3, -0.25) is 13.7 Å². The van der Waals surface area contributed by atoms with Gasteiger partial charge in [0.05, 0.1) is 113 Å². The molecule has 15 aromatic carbocycles. The van der Waals surface area contributed by atoms with E-state index in [4.69, 9.17) is 21.5 Å². The maximum absolute atomic E-state index is 9.77. The Kier molecular flexibility index (Phi) is 18.1. The molecule has 12 nitrogen and oxygen atoms in total. The van der Waals surface area contributed by atoms with E-state index in [1.807, 2.05) is 85.3 Å². The van der Waals surface area contributed by atoms with E-state index in [1.54, 1.807) is 0 Å². The van der Waals surface area contributed by atoms with Crippen LogP contribution < -0.4 is 0 Å². The number of fused-ring (bicyclic) bond motifs is 18. The first-order valence-corrected chi connectivity index (χ1v) is 42.4. The molecule has 0 spiro atoms. The van der Waals surface area contributed by atoms with Crippen LogP contribution in [0.3, 0.4) is 0 Å². The van der Waals surface area contributed by atoms with Gasteiger partial charge >= 0.3 is 0 Å². The summed E-state index contributed by atoms with van der Waals surface area (Å²) < 4.78 is 14.0. The highest BCUT2D eigenvalue weighted by atomic mass is 15.2. The van der Waals surface area contributed by atoms with Gasteiger partial charge in [-0.15, -0.1) is 0 Å². The standard InChI is InChI=1S/3C38H26N4/c1-24-12-10-20-33-35(24)28-15-5-8-18-31(28)41(33)37-27(26-14-4-7-17-30(26)39-3)22-23-40-38(37)42-32-19-9-6-16-29(32)36-25(2)13-11-21-34(36)42;1-24-10-7-18-33-35(24)29-14-3-5-16-31(29)41(33)37-28(27-13-9-12-26(22-27)23-39)20-21-40-38(37)42-32-17-6-4-15-30(32)36-25(2)11-8-19-34(36)42;1-24-9-7-15-33-35(24)29-11-3-5-13-31(29)41(33)37-28(27-19-17-26(23-39)18-20-27)21-22-40-38(37)42-32-14-6-4-12-30(32)36-25(2)10-8-16-34(36)42/h4-23H,1-2H3;2*3-22H,1-2H3. The summed E-state index contributed by atoms with van der Waals surface area (Å²) in [5.41, 5.74) is 31.5.